The molecular weight excluding hydrogens is 216 g/mol. The molecule has 8 nitrogen and oxygen atoms in total. The molecule has 1 atom stereocenters. The van der Waals surface area contributed by atoms with Crippen LogP contribution in [0.1, 0.15) is 6.42 Å². The molecule has 0 spiro atoms. The fraction of sp³-hybridized carbons (Fsp3) is 0.875. The molecule has 0 amide bonds. The molecule has 2 aliphatic heterocycles. The summed E-state index contributed by atoms with van der Waals surface area (Å²) >= 11 is 0. The lowest BCUT2D eigenvalue weighted by molar-refractivity contribution is -0.486. The Morgan fingerprint density at radius 3 is 3.19 bits per heavy atom. The summed E-state index contributed by atoms with van der Waals surface area (Å²) in [6.07, 6.45) is 0.974. The Bertz CT molecular complexity index is 290. The highest BCUT2D eigenvalue weighted by atomic mass is 16.7. The van der Waals surface area contributed by atoms with Crippen LogP contribution in [0.2, 0.25) is 0 Å². The van der Waals surface area contributed by atoms with E-state index >= 15 is 0 Å². The molecule has 1 unspecified atom stereocenters. The number of hydrogen-bond donors (Lipinski definition) is 1. The predicted molar refractivity (Wildman–Crippen MR) is 54.0 cm³/mol. The van der Waals surface area contributed by atoms with Gasteiger partial charge in [0, 0.05) is 19.1 Å². The summed E-state index contributed by atoms with van der Waals surface area (Å²) in [5, 5.41) is 15.7. The first-order valence-corrected chi connectivity index (χ1v) is 5.13. The monoisotopic (exact) mass is 230 g/mol. The first-order chi connectivity index (χ1) is 7.75. The van der Waals surface area contributed by atoms with Crippen LogP contribution in [0.5, 0.6) is 0 Å². The van der Waals surface area contributed by atoms with E-state index in [0.29, 0.717) is 25.8 Å². The number of nitrogens with zero attached hydrogens (tertiary/aromatic N) is 3. The maximum atomic E-state index is 10.3. The molecule has 0 aromatic heterocycles. The second-order valence-electron chi connectivity index (χ2n) is 3.77. The average molecular weight is 230 g/mol. The third kappa shape index (κ3) is 2.80. The molecule has 0 bridgehead atoms. The number of nitro groups is 1. The zero-order valence-electron chi connectivity index (χ0n) is 8.79. The van der Waals surface area contributed by atoms with Crippen molar-refractivity contribution >= 4 is 5.96 Å². The van der Waals surface area contributed by atoms with Crippen molar-refractivity contribution in [2.45, 2.75) is 6.42 Å². The topological polar surface area (TPSA) is 89.2 Å². The molecule has 2 saturated heterocycles. The summed E-state index contributed by atoms with van der Waals surface area (Å²) in [6, 6.07) is 0. The van der Waals surface area contributed by atoms with Crippen molar-refractivity contribution < 1.29 is 14.5 Å². The van der Waals surface area contributed by atoms with Gasteiger partial charge in [0.05, 0.1) is 6.61 Å². The van der Waals surface area contributed by atoms with Gasteiger partial charge in [-0.05, 0) is 6.42 Å². The molecule has 0 aromatic carbocycles. The van der Waals surface area contributed by atoms with Gasteiger partial charge in [-0.1, -0.05) is 0 Å². The van der Waals surface area contributed by atoms with E-state index in [9.17, 15) is 10.1 Å². The van der Waals surface area contributed by atoms with Crippen LogP contribution in [0.25, 0.3) is 0 Å². The van der Waals surface area contributed by atoms with Crippen LogP contribution in [-0.2, 0) is 9.47 Å². The summed E-state index contributed by atoms with van der Waals surface area (Å²) in [5.74, 6) is 0.656. The molecule has 2 heterocycles. The number of guanidine groups is 1. The Kier molecular flexibility index (Phi) is 3.52. The standard InChI is InChI=1S/C8H14N4O4/c13-12(14)10-8-9-5-16-6-11(8)3-7-1-2-15-4-7/h7H,1-6H2,(H,9,10). The lowest BCUT2D eigenvalue weighted by atomic mass is 10.1. The molecule has 0 aliphatic carbocycles. The van der Waals surface area contributed by atoms with Crippen molar-refractivity contribution in [2.75, 3.05) is 33.2 Å². The minimum absolute atomic E-state index is 0.254. The van der Waals surface area contributed by atoms with Crippen LogP contribution in [0.4, 0.5) is 0 Å². The molecule has 0 aromatic rings. The van der Waals surface area contributed by atoms with E-state index in [2.05, 4.69) is 10.4 Å². The summed E-state index contributed by atoms with van der Waals surface area (Å²) in [7, 11) is 0. The highest BCUT2D eigenvalue weighted by Crippen LogP contribution is 2.14. The van der Waals surface area contributed by atoms with Gasteiger partial charge < -0.3 is 19.7 Å². The van der Waals surface area contributed by atoms with Crippen molar-refractivity contribution in [3.8, 4) is 0 Å². The first kappa shape index (κ1) is 11.1. The van der Waals surface area contributed by atoms with Gasteiger partial charge in [-0.15, -0.1) is 0 Å². The minimum Gasteiger partial charge on any atom is -0.381 e. The van der Waals surface area contributed by atoms with Gasteiger partial charge in [0.1, 0.15) is 18.6 Å². The van der Waals surface area contributed by atoms with Crippen molar-refractivity contribution in [3.63, 3.8) is 0 Å². The smallest absolute Gasteiger partial charge is 0.275 e. The molecule has 0 radical (unpaired) electrons. The van der Waals surface area contributed by atoms with Crippen molar-refractivity contribution in [1.82, 2.24) is 10.2 Å². The molecule has 0 saturated carbocycles. The Morgan fingerprint density at radius 2 is 2.50 bits per heavy atom. The van der Waals surface area contributed by atoms with E-state index in [0.717, 1.165) is 13.0 Å². The summed E-state index contributed by atoms with van der Waals surface area (Å²) in [6.45, 7) is 2.71. The Balaban J connectivity index is 1.95. The summed E-state index contributed by atoms with van der Waals surface area (Å²) in [5.41, 5.74) is 0. The maximum Gasteiger partial charge on any atom is 0.275 e. The molecule has 16 heavy (non-hydrogen) atoms. The van der Waals surface area contributed by atoms with Gasteiger partial charge in [-0.25, -0.2) is 10.1 Å². The highest BCUT2D eigenvalue weighted by molar-refractivity contribution is 5.79. The summed E-state index contributed by atoms with van der Waals surface area (Å²) < 4.78 is 10.4. The van der Waals surface area contributed by atoms with Gasteiger partial charge in [0.25, 0.3) is 5.96 Å². The zero-order valence-corrected chi connectivity index (χ0v) is 8.79. The molecule has 1 N–H and O–H groups in total. The van der Waals surface area contributed by atoms with Crippen LogP contribution >= 0.6 is 0 Å². The Labute approximate surface area is 92.3 Å². The lowest BCUT2D eigenvalue weighted by Gasteiger charge is -2.30. The highest BCUT2D eigenvalue weighted by Gasteiger charge is 2.25. The number of hydrogen-bond acceptors (Lipinski definition) is 4. The third-order valence-corrected chi connectivity index (χ3v) is 2.56. The maximum absolute atomic E-state index is 10.3. The number of ether oxygens (including phenoxy) is 2. The first-order valence-electron chi connectivity index (χ1n) is 5.13. The third-order valence-electron chi connectivity index (χ3n) is 2.56. The second-order valence-corrected chi connectivity index (χ2v) is 3.77. The Hall–Kier alpha value is -1.41. The van der Waals surface area contributed by atoms with E-state index in [1.54, 1.807) is 4.90 Å². The molecule has 2 aliphatic rings. The molecular formula is C8H14N4O4. The normalized spacial score (nSPS) is 28.1. The van der Waals surface area contributed by atoms with E-state index in [1.807, 2.05) is 0 Å². The van der Waals surface area contributed by atoms with E-state index in [4.69, 9.17) is 9.47 Å². The SMILES string of the molecule is O=[N+]([O-])N=C1NCOCN1CC1CCOC1. The van der Waals surface area contributed by atoms with Gasteiger partial charge in [0.2, 0.25) is 0 Å². The fourth-order valence-corrected chi connectivity index (χ4v) is 1.80. The fourth-order valence-electron chi connectivity index (χ4n) is 1.80. The molecule has 90 valence electrons. The number of hydrazone groups is 1. The van der Waals surface area contributed by atoms with Crippen molar-refractivity contribution in [3.05, 3.63) is 10.1 Å². The average Bonchev–Trinajstić information content (AvgIpc) is 2.73. The second kappa shape index (κ2) is 5.08. The minimum atomic E-state index is -0.703. The quantitative estimate of drug-likeness (QED) is 0.514. The lowest BCUT2D eigenvalue weighted by Crippen LogP contribution is -2.50. The van der Waals surface area contributed by atoms with Gasteiger partial charge in [0.15, 0.2) is 5.03 Å². The van der Waals surface area contributed by atoms with Crippen LogP contribution in [0.15, 0.2) is 5.10 Å². The van der Waals surface area contributed by atoms with Crippen molar-refractivity contribution in [1.29, 1.82) is 0 Å². The van der Waals surface area contributed by atoms with Gasteiger partial charge in [-0.3, -0.25) is 0 Å². The van der Waals surface area contributed by atoms with Crippen LogP contribution in [0.3, 0.4) is 0 Å². The summed E-state index contributed by atoms with van der Waals surface area (Å²) in [4.78, 5) is 12.1. The van der Waals surface area contributed by atoms with Gasteiger partial charge >= 0.3 is 0 Å². The molecule has 2 rings (SSSR count). The Morgan fingerprint density at radius 1 is 1.62 bits per heavy atom. The van der Waals surface area contributed by atoms with Crippen LogP contribution in [0, 0.1) is 16.0 Å². The number of rotatable bonds is 3. The van der Waals surface area contributed by atoms with Crippen molar-refractivity contribution in [2.24, 2.45) is 11.0 Å². The van der Waals surface area contributed by atoms with E-state index in [1.165, 1.54) is 0 Å². The zero-order chi connectivity index (χ0) is 11.4. The van der Waals surface area contributed by atoms with Gasteiger partial charge in [-0.2, -0.15) is 0 Å². The predicted octanol–water partition coefficient (Wildman–Crippen LogP) is -0.593. The molecule has 8 heteroatoms. The van der Waals surface area contributed by atoms with Crippen LogP contribution in [-0.4, -0.2) is 49.1 Å². The number of nitrogens with one attached hydrogen (secondary N) is 1. The van der Waals surface area contributed by atoms with E-state index < -0.39 is 5.03 Å². The molecule has 2 fully saturated rings. The van der Waals surface area contributed by atoms with Crippen LogP contribution < -0.4 is 5.32 Å². The van der Waals surface area contributed by atoms with E-state index in [-0.39, 0.29) is 12.7 Å². The largest absolute Gasteiger partial charge is 0.381 e.